The van der Waals surface area contributed by atoms with E-state index in [1.165, 1.54) is 16.5 Å². The lowest BCUT2D eigenvalue weighted by Gasteiger charge is -2.24. The highest BCUT2D eigenvalue weighted by atomic mass is 16.3. The Labute approximate surface area is 130 Å². The minimum Gasteiger partial charge on any atom is -0.395 e. The number of anilines is 1. The maximum Gasteiger partial charge on any atom is 0.129 e. The van der Waals surface area contributed by atoms with Crippen molar-refractivity contribution in [2.45, 2.75) is 13.5 Å². The van der Waals surface area contributed by atoms with Crippen LogP contribution in [0.3, 0.4) is 0 Å². The number of aromatic nitrogens is 1. The summed E-state index contributed by atoms with van der Waals surface area (Å²) in [6.07, 6.45) is 0. The smallest absolute Gasteiger partial charge is 0.129 e. The van der Waals surface area contributed by atoms with Crippen molar-refractivity contribution >= 4 is 16.7 Å². The van der Waals surface area contributed by atoms with Gasteiger partial charge in [-0.15, -0.1) is 0 Å². The van der Waals surface area contributed by atoms with E-state index in [9.17, 15) is 5.11 Å². The summed E-state index contributed by atoms with van der Waals surface area (Å²) in [5.41, 5.74) is 3.41. The number of aliphatic hydroxyl groups excluding tert-OH is 1. The van der Waals surface area contributed by atoms with Crippen LogP contribution in [0.5, 0.6) is 0 Å². The molecule has 0 unspecified atom stereocenters. The molecule has 112 valence electrons. The zero-order chi connectivity index (χ0) is 15.4. The topological polar surface area (TPSA) is 36.4 Å². The van der Waals surface area contributed by atoms with E-state index in [2.05, 4.69) is 36.1 Å². The van der Waals surface area contributed by atoms with E-state index in [1.54, 1.807) is 0 Å². The highest BCUT2D eigenvalue weighted by Crippen LogP contribution is 2.23. The molecule has 2 aromatic carbocycles. The van der Waals surface area contributed by atoms with Crippen molar-refractivity contribution in [3.63, 3.8) is 0 Å². The molecule has 0 atom stereocenters. The zero-order valence-corrected chi connectivity index (χ0v) is 12.7. The van der Waals surface area contributed by atoms with Crippen LogP contribution in [0.25, 0.3) is 10.9 Å². The summed E-state index contributed by atoms with van der Waals surface area (Å²) in [7, 11) is 0. The van der Waals surface area contributed by atoms with E-state index < -0.39 is 0 Å². The molecule has 3 nitrogen and oxygen atoms in total. The van der Waals surface area contributed by atoms with E-state index in [0.29, 0.717) is 6.54 Å². The van der Waals surface area contributed by atoms with Gasteiger partial charge in [0, 0.05) is 18.5 Å². The normalized spacial score (nSPS) is 10.8. The Hall–Kier alpha value is -2.39. The maximum atomic E-state index is 9.39. The van der Waals surface area contributed by atoms with Crippen molar-refractivity contribution in [2.75, 3.05) is 18.1 Å². The lowest BCUT2D eigenvalue weighted by atomic mass is 10.1. The van der Waals surface area contributed by atoms with Crippen LogP contribution in [0.2, 0.25) is 0 Å². The number of pyridine rings is 1. The Morgan fingerprint density at radius 1 is 1.00 bits per heavy atom. The molecule has 0 radical (unpaired) electrons. The monoisotopic (exact) mass is 292 g/mol. The number of hydrogen-bond donors (Lipinski definition) is 1. The van der Waals surface area contributed by atoms with Crippen molar-refractivity contribution in [3.8, 4) is 0 Å². The Bertz CT molecular complexity index is 756. The first-order chi connectivity index (χ1) is 10.8. The molecule has 0 aliphatic heterocycles. The van der Waals surface area contributed by atoms with E-state index in [1.807, 2.05) is 36.4 Å². The molecule has 0 amide bonds. The minimum absolute atomic E-state index is 0.111. The van der Waals surface area contributed by atoms with Crippen LogP contribution in [0, 0.1) is 6.92 Å². The van der Waals surface area contributed by atoms with Gasteiger partial charge in [0.15, 0.2) is 0 Å². The number of rotatable bonds is 5. The predicted molar refractivity (Wildman–Crippen MR) is 91.1 cm³/mol. The van der Waals surface area contributed by atoms with Crippen molar-refractivity contribution in [2.24, 2.45) is 0 Å². The average Bonchev–Trinajstić information content (AvgIpc) is 2.55. The largest absolute Gasteiger partial charge is 0.395 e. The fourth-order valence-corrected chi connectivity index (χ4v) is 2.69. The highest BCUT2D eigenvalue weighted by molar-refractivity contribution is 5.83. The second-order valence-corrected chi connectivity index (χ2v) is 5.45. The molecule has 0 aliphatic carbocycles. The van der Waals surface area contributed by atoms with Gasteiger partial charge in [0.1, 0.15) is 5.82 Å². The van der Waals surface area contributed by atoms with Gasteiger partial charge in [-0.05, 0) is 30.2 Å². The molecule has 3 heteroatoms. The lowest BCUT2D eigenvalue weighted by Crippen LogP contribution is -2.27. The first-order valence-electron chi connectivity index (χ1n) is 7.54. The van der Waals surface area contributed by atoms with Crippen LogP contribution in [0.15, 0.2) is 60.7 Å². The Kier molecular flexibility index (Phi) is 4.35. The summed E-state index contributed by atoms with van der Waals surface area (Å²) in [5, 5.41) is 10.6. The fraction of sp³-hybridized carbons (Fsp3) is 0.211. The number of nitrogens with zero attached hydrogens (tertiary/aromatic N) is 2. The molecule has 22 heavy (non-hydrogen) atoms. The van der Waals surface area contributed by atoms with Gasteiger partial charge in [0.2, 0.25) is 0 Å². The van der Waals surface area contributed by atoms with Gasteiger partial charge in [-0.1, -0.05) is 48.5 Å². The van der Waals surface area contributed by atoms with Crippen molar-refractivity contribution in [1.29, 1.82) is 0 Å². The van der Waals surface area contributed by atoms with Crippen LogP contribution in [0.1, 0.15) is 11.1 Å². The van der Waals surface area contributed by atoms with Crippen LogP contribution in [-0.4, -0.2) is 23.2 Å². The summed E-state index contributed by atoms with van der Waals surface area (Å²) in [4.78, 5) is 6.89. The average molecular weight is 292 g/mol. The zero-order valence-electron chi connectivity index (χ0n) is 12.7. The van der Waals surface area contributed by atoms with Crippen molar-refractivity contribution in [1.82, 2.24) is 4.98 Å². The lowest BCUT2D eigenvalue weighted by molar-refractivity contribution is 0.301. The second kappa shape index (κ2) is 6.58. The van der Waals surface area contributed by atoms with E-state index in [4.69, 9.17) is 4.98 Å². The van der Waals surface area contributed by atoms with Crippen LogP contribution >= 0.6 is 0 Å². The van der Waals surface area contributed by atoms with Gasteiger partial charge < -0.3 is 10.0 Å². The molecule has 0 saturated heterocycles. The van der Waals surface area contributed by atoms with Gasteiger partial charge in [0.05, 0.1) is 12.1 Å². The number of aryl methyl sites for hydroxylation is 1. The molecule has 3 aromatic rings. The van der Waals surface area contributed by atoms with E-state index in [-0.39, 0.29) is 6.61 Å². The van der Waals surface area contributed by atoms with E-state index >= 15 is 0 Å². The third-order valence-corrected chi connectivity index (χ3v) is 3.82. The van der Waals surface area contributed by atoms with Crippen molar-refractivity contribution < 1.29 is 5.11 Å². The third kappa shape index (κ3) is 3.10. The number of hydrogen-bond acceptors (Lipinski definition) is 3. The van der Waals surface area contributed by atoms with Crippen LogP contribution in [-0.2, 0) is 6.54 Å². The van der Waals surface area contributed by atoms with Crippen molar-refractivity contribution in [3.05, 3.63) is 71.8 Å². The molecule has 1 N–H and O–H groups in total. The van der Waals surface area contributed by atoms with Gasteiger partial charge in [-0.3, -0.25) is 0 Å². The molecule has 0 fully saturated rings. The number of aliphatic hydroxyl groups is 1. The molecule has 0 spiro atoms. The first kappa shape index (κ1) is 14.5. The molecule has 0 bridgehead atoms. The molecule has 1 heterocycles. The minimum atomic E-state index is 0.111. The molecule has 0 saturated carbocycles. The number of benzene rings is 2. The molecule has 3 rings (SSSR count). The SMILES string of the molecule is Cc1cc(N(CCO)Cc2ccccc2)nc2ccccc12. The van der Waals surface area contributed by atoms with Gasteiger partial charge >= 0.3 is 0 Å². The van der Waals surface area contributed by atoms with Gasteiger partial charge in [-0.2, -0.15) is 0 Å². The standard InChI is InChI=1S/C19H20N2O/c1-15-13-19(20-18-10-6-5-9-17(15)18)21(11-12-22)14-16-7-3-2-4-8-16/h2-10,13,22H,11-12,14H2,1H3. The summed E-state index contributed by atoms with van der Waals surface area (Å²) >= 11 is 0. The first-order valence-corrected chi connectivity index (χ1v) is 7.54. The number of para-hydroxylation sites is 1. The predicted octanol–water partition coefficient (Wildman–Crippen LogP) is 3.54. The quantitative estimate of drug-likeness (QED) is 0.781. The van der Waals surface area contributed by atoms with E-state index in [0.717, 1.165) is 17.9 Å². The molecular formula is C19H20N2O. The fourth-order valence-electron chi connectivity index (χ4n) is 2.69. The second-order valence-electron chi connectivity index (χ2n) is 5.45. The summed E-state index contributed by atoms with van der Waals surface area (Å²) in [6, 6.07) is 20.5. The summed E-state index contributed by atoms with van der Waals surface area (Å²) < 4.78 is 0. The van der Waals surface area contributed by atoms with Crippen LogP contribution in [0.4, 0.5) is 5.82 Å². The Balaban J connectivity index is 1.97. The third-order valence-electron chi connectivity index (χ3n) is 3.82. The number of fused-ring (bicyclic) bond motifs is 1. The molecule has 0 aliphatic rings. The highest BCUT2D eigenvalue weighted by Gasteiger charge is 2.10. The Morgan fingerprint density at radius 2 is 1.73 bits per heavy atom. The molecular weight excluding hydrogens is 272 g/mol. The Morgan fingerprint density at radius 3 is 2.50 bits per heavy atom. The van der Waals surface area contributed by atoms with Gasteiger partial charge in [-0.25, -0.2) is 4.98 Å². The maximum absolute atomic E-state index is 9.39. The van der Waals surface area contributed by atoms with Gasteiger partial charge in [0.25, 0.3) is 0 Å². The summed E-state index contributed by atoms with van der Waals surface area (Å²) in [5.74, 6) is 0.911. The summed E-state index contributed by atoms with van der Waals surface area (Å²) in [6.45, 7) is 3.53. The molecule has 1 aromatic heterocycles. The van der Waals surface area contributed by atoms with Crippen LogP contribution < -0.4 is 4.90 Å².